The highest BCUT2D eigenvalue weighted by atomic mass is 16.3. The van der Waals surface area contributed by atoms with Crippen LogP contribution in [-0.4, -0.2) is 9.97 Å². The van der Waals surface area contributed by atoms with E-state index in [9.17, 15) is 0 Å². The zero-order valence-electron chi connectivity index (χ0n) is 11.9. The molecule has 5 nitrogen and oxygen atoms in total. The number of hydrogen-bond acceptors (Lipinski definition) is 5. The topological polar surface area (TPSA) is 66.0 Å². The molecule has 0 unspecified atom stereocenters. The predicted molar refractivity (Wildman–Crippen MR) is 81.8 cm³/mol. The molecule has 0 atom stereocenters. The van der Waals surface area contributed by atoms with E-state index >= 15 is 0 Å². The first-order valence-electron chi connectivity index (χ1n) is 6.88. The number of anilines is 1. The third-order valence-electron chi connectivity index (χ3n) is 3.22. The molecule has 0 aliphatic heterocycles. The minimum atomic E-state index is 0.307. The minimum Gasteiger partial charge on any atom is -0.467 e. The number of furan rings is 1. The highest BCUT2D eigenvalue weighted by molar-refractivity contribution is 5.39. The summed E-state index contributed by atoms with van der Waals surface area (Å²) in [7, 11) is 0. The van der Waals surface area contributed by atoms with E-state index in [1.165, 1.54) is 11.8 Å². The molecule has 3 rings (SSSR count). The van der Waals surface area contributed by atoms with Crippen LogP contribution in [0.5, 0.6) is 0 Å². The maximum absolute atomic E-state index is 8.83. The molecule has 0 radical (unpaired) electrons. The van der Waals surface area contributed by atoms with Crippen molar-refractivity contribution < 1.29 is 4.42 Å². The van der Waals surface area contributed by atoms with Gasteiger partial charge in [0.25, 0.3) is 0 Å². The van der Waals surface area contributed by atoms with E-state index in [1.807, 2.05) is 36.4 Å². The van der Waals surface area contributed by atoms with E-state index in [1.54, 1.807) is 12.5 Å². The van der Waals surface area contributed by atoms with Crippen molar-refractivity contribution in [1.82, 2.24) is 9.97 Å². The van der Waals surface area contributed by atoms with E-state index in [0.29, 0.717) is 24.6 Å². The van der Waals surface area contributed by atoms with E-state index < -0.39 is 0 Å². The number of hydrogen-bond donors (Lipinski definition) is 0. The molecule has 0 amide bonds. The number of aromatic nitrogens is 2. The fourth-order valence-electron chi connectivity index (χ4n) is 2.15. The quantitative estimate of drug-likeness (QED) is 0.722. The lowest BCUT2D eigenvalue weighted by Gasteiger charge is -2.22. The molecule has 0 saturated heterocycles. The van der Waals surface area contributed by atoms with Crippen molar-refractivity contribution in [3.8, 4) is 6.07 Å². The maximum atomic E-state index is 8.83. The molecule has 0 spiro atoms. The summed E-state index contributed by atoms with van der Waals surface area (Å²) in [5, 5.41) is 8.83. The third-order valence-corrected chi connectivity index (χ3v) is 3.22. The fourth-order valence-corrected chi connectivity index (χ4v) is 2.15. The van der Waals surface area contributed by atoms with Gasteiger partial charge in [0.15, 0.2) is 5.69 Å². The zero-order valence-corrected chi connectivity index (χ0v) is 11.9. The fraction of sp³-hybridized carbons (Fsp3) is 0.118. The van der Waals surface area contributed by atoms with Crippen LogP contribution >= 0.6 is 0 Å². The molecule has 5 heteroatoms. The summed E-state index contributed by atoms with van der Waals surface area (Å²) in [6.45, 7) is 1.27. The van der Waals surface area contributed by atoms with Crippen LogP contribution in [0, 0.1) is 11.3 Å². The van der Waals surface area contributed by atoms with Gasteiger partial charge in [0.1, 0.15) is 17.6 Å². The second-order valence-electron chi connectivity index (χ2n) is 4.79. The van der Waals surface area contributed by atoms with Crippen LogP contribution in [0.1, 0.15) is 17.0 Å². The monoisotopic (exact) mass is 290 g/mol. The van der Waals surface area contributed by atoms with Gasteiger partial charge in [0, 0.05) is 6.54 Å². The Morgan fingerprint density at radius 3 is 2.50 bits per heavy atom. The van der Waals surface area contributed by atoms with E-state index in [0.717, 1.165) is 5.76 Å². The highest BCUT2D eigenvalue weighted by Crippen LogP contribution is 2.17. The second-order valence-corrected chi connectivity index (χ2v) is 4.79. The van der Waals surface area contributed by atoms with Crippen LogP contribution in [0.15, 0.2) is 65.5 Å². The number of nitriles is 1. The normalized spacial score (nSPS) is 10.1. The van der Waals surface area contributed by atoms with Gasteiger partial charge in [-0.15, -0.1) is 0 Å². The Morgan fingerprint density at radius 2 is 1.86 bits per heavy atom. The lowest BCUT2D eigenvalue weighted by molar-refractivity contribution is 0.500. The summed E-state index contributed by atoms with van der Waals surface area (Å²) >= 11 is 0. The summed E-state index contributed by atoms with van der Waals surface area (Å²) < 4.78 is 5.43. The molecule has 0 fully saturated rings. The van der Waals surface area contributed by atoms with E-state index in [2.05, 4.69) is 27.0 Å². The Labute approximate surface area is 128 Å². The maximum Gasteiger partial charge on any atom is 0.158 e. The summed E-state index contributed by atoms with van der Waals surface area (Å²) in [5.41, 5.74) is 1.47. The molecule has 0 N–H and O–H groups in total. The molecular formula is C17H14N4O. The number of nitrogens with zero attached hydrogens (tertiary/aromatic N) is 4. The third kappa shape index (κ3) is 3.30. The van der Waals surface area contributed by atoms with Gasteiger partial charge in [-0.1, -0.05) is 30.3 Å². The van der Waals surface area contributed by atoms with Gasteiger partial charge in [-0.3, -0.25) is 0 Å². The molecule has 22 heavy (non-hydrogen) atoms. The van der Waals surface area contributed by atoms with Gasteiger partial charge in [0.05, 0.1) is 25.2 Å². The first-order chi connectivity index (χ1) is 10.8. The number of rotatable bonds is 5. The van der Waals surface area contributed by atoms with Gasteiger partial charge < -0.3 is 9.32 Å². The first-order valence-corrected chi connectivity index (χ1v) is 6.88. The summed E-state index contributed by atoms with van der Waals surface area (Å²) in [6, 6.07) is 15.9. The average molecular weight is 290 g/mol. The van der Waals surface area contributed by atoms with Crippen LogP contribution in [-0.2, 0) is 13.1 Å². The molecule has 3 aromatic rings. The molecule has 0 bridgehead atoms. The number of benzene rings is 1. The SMILES string of the molecule is N#Cc1cnc(N(Cc2ccccc2)Cc2ccco2)cn1. The largest absolute Gasteiger partial charge is 0.467 e. The van der Waals surface area contributed by atoms with Crippen molar-refractivity contribution in [2.24, 2.45) is 0 Å². The predicted octanol–water partition coefficient (Wildman–Crippen LogP) is 3.15. The van der Waals surface area contributed by atoms with Crippen molar-refractivity contribution in [1.29, 1.82) is 5.26 Å². The molecule has 108 valence electrons. The van der Waals surface area contributed by atoms with Gasteiger partial charge in [0.2, 0.25) is 0 Å². The van der Waals surface area contributed by atoms with Crippen molar-refractivity contribution in [3.63, 3.8) is 0 Å². The van der Waals surface area contributed by atoms with Crippen LogP contribution < -0.4 is 4.90 Å². The molecule has 1 aromatic carbocycles. The lowest BCUT2D eigenvalue weighted by atomic mass is 10.2. The summed E-state index contributed by atoms with van der Waals surface area (Å²) in [4.78, 5) is 10.5. The zero-order chi connectivity index (χ0) is 15.2. The van der Waals surface area contributed by atoms with Gasteiger partial charge in [-0.25, -0.2) is 9.97 Å². The molecule has 0 aliphatic carbocycles. The summed E-state index contributed by atoms with van der Waals surface area (Å²) in [5.74, 6) is 1.56. The Morgan fingerprint density at radius 1 is 1.00 bits per heavy atom. The van der Waals surface area contributed by atoms with Crippen LogP contribution in [0.4, 0.5) is 5.82 Å². The minimum absolute atomic E-state index is 0.307. The van der Waals surface area contributed by atoms with Crippen molar-refractivity contribution >= 4 is 5.82 Å². The molecule has 2 heterocycles. The molecule has 2 aromatic heterocycles. The first kappa shape index (κ1) is 13.8. The lowest BCUT2D eigenvalue weighted by Crippen LogP contribution is -2.23. The smallest absolute Gasteiger partial charge is 0.158 e. The Kier molecular flexibility index (Phi) is 4.12. The second kappa shape index (κ2) is 6.55. The van der Waals surface area contributed by atoms with Crippen molar-refractivity contribution in [2.75, 3.05) is 4.90 Å². The molecule has 0 saturated carbocycles. The molecular weight excluding hydrogens is 276 g/mol. The van der Waals surface area contributed by atoms with Gasteiger partial charge in [-0.05, 0) is 17.7 Å². The Hall–Kier alpha value is -3.13. The Balaban J connectivity index is 1.86. The van der Waals surface area contributed by atoms with Gasteiger partial charge in [-0.2, -0.15) is 5.26 Å². The Bertz CT molecular complexity index is 746. The van der Waals surface area contributed by atoms with Crippen LogP contribution in [0.25, 0.3) is 0 Å². The average Bonchev–Trinajstić information content (AvgIpc) is 3.08. The van der Waals surface area contributed by atoms with Crippen molar-refractivity contribution in [3.05, 3.63) is 78.1 Å². The van der Waals surface area contributed by atoms with Crippen LogP contribution in [0.3, 0.4) is 0 Å². The van der Waals surface area contributed by atoms with Crippen LogP contribution in [0.2, 0.25) is 0 Å². The van der Waals surface area contributed by atoms with E-state index in [4.69, 9.17) is 9.68 Å². The highest BCUT2D eigenvalue weighted by Gasteiger charge is 2.12. The standard InChI is InChI=1S/C17H14N4O/c18-9-15-10-20-17(11-19-15)21(13-16-7-4-8-22-16)12-14-5-2-1-3-6-14/h1-8,10-11H,12-13H2. The van der Waals surface area contributed by atoms with Crippen molar-refractivity contribution in [2.45, 2.75) is 13.1 Å². The van der Waals surface area contributed by atoms with Gasteiger partial charge >= 0.3 is 0 Å². The van der Waals surface area contributed by atoms with E-state index in [-0.39, 0.29) is 0 Å². The molecule has 0 aliphatic rings. The summed E-state index contributed by atoms with van der Waals surface area (Å²) in [6.07, 6.45) is 4.75.